The molecule has 0 spiro atoms. The number of non-ortho nitro benzene ring substituents is 1. The largest absolute Gasteiger partial charge is 0.507 e. The van der Waals surface area contributed by atoms with E-state index in [2.05, 4.69) is 10.5 Å². The highest BCUT2D eigenvalue weighted by atomic mass is 16.6. The van der Waals surface area contributed by atoms with Crippen molar-refractivity contribution in [2.45, 2.75) is 0 Å². The van der Waals surface area contributed by atoms with Gasteiger partial charge in [0.15, 0.2) is 6.61 Å². The summed E-state index contributed by atoms with van der Waals surface area (Å²) in [6, 6.07) is 11.8. The number of benzene rings is 2. The van der Waals surface area contributed by atoms with Gasteiger partial charge in [0.25, 0.3) is 11.6 Å². The number of nitro groups is 1. The number of amides is 1. The Balaban J connectivity index is 1.94. The number of hydrogen-bond acceptors (Lipinski definition) is 7. The van der Waals surface area contributed by atoms with Crippen LogP contribution in [0.3, 0.4) is 0 Å². The molecule has 0 aliphatic heterocycles. The number of hydrazone groups is 1. The van der Waals surface area contributed by atoms with Crippen molar-refractivity contribution in [2.24, 2.45) is 5.10 Å². The number of carbonyl (C=O) groups is 1. The Morgan fingerprint density at radius 2 is 2.16 bits per heavy atom. The van der Waals surface area contributed by atoms with Gasteiger partial charge in [0.2, 0.25) is 0 Å². The van der Waals surface area contributed by atoms with Crippen LogP contribution in [0.4, 0.5) is 5.69 Å². The number of nitriles is 1. The van der Waals surface area contributed by atoms with Crippen molar-refractivity contribution in [3.05, 3.63) is 63.7 Å². The summed E-state index contributed by atoms with van der Waals surface area (Å²) in [6.45, 7) is -0.378. The quantitative estimate of drug-likeness (QED) is 0.466. The number of nitrogens with one attached hydrogen (secondary N) is 1. The highest BCUT2D eigenvalue weighted by Crippen LogP contribution is 2.21. The molecule has 9 heteroatoms. The molecule has 126 valence electrons. The van der Waals surface area contributed by atoms with Crippen molar-refractivity contribution >= 4 is 17.8 Å². The average Bonchev–Trinajstić information content (AvgIpc) is 2.61. The fourth-order valence-corrected chi connectivity index (χ4v) is 1.79. The van der Waals surface area contributed by atoms with Crippen molar-refractivity contribution in [1.82, 2.24) is 5.43 Å². The van der Waals surface area contributed by atoms with Crippen molar-refractivity contribution in [2.75, 3.05) is 6.61 Å². The zero-order valence-corrected chi connectivity index (χ0v) is 12.7. The first kappa shape index (κ1) is 17.4. The van der Waals surface area contributed by atoms with E-state index in [4.69, 9.17) is 10.00 Å². The molecule has 1 amide bonds. The molecular formula is C16H12N4O5. The molecule has 0 heterocycles. The SMILES string of the molecule is N#Cc1ccccc1OCC(=O)N/N=C\c1cc([N+](=O)[O-])ccc1O. The van der Waals surface area contributed by atoms with Gasteiger partial charge in [-0.15, -0.1) is 0 Å². The Morgan fingerprint density at radius 3 is 2.88 bits per heavy atom. The molecule has 0 aliphatic rings. The van der Waals surface area contributed by atoms with Crippen LogP contribution in [0.2, 0.25) is 0 Å². The third-order valence-electron chi connectivity index (χ3n) is 2.98. The summed E-state index contributed by atoms with van der Waals surface area (Å²) >= 11 is 0. The van der Waals surface area contributed by atoms with Crippen molar-refractivity contribution < 1.29 is 19.6 Å². The maximum absolute atomic E-state index is 11.7. The topological polar surface area (TPSA) is 138 Å². The highest BCUT2D eigenvalue weighted by molar-refractivity contribution is 5.86. The van der Waals surface area contributed by atoms with E-state index in [0.29, 0.717) is 5.56 Å². The van der Waals surface area contributed by atoms with Gasteiger partial charge in [-0.2, -0.15) is 10.4 Å². The van der Waals surface area contributed by atoms with E-state index in [9.17, 15) is 20.0 Å². The Kier molecular flexibility index (Phi) is 5.63. The van der Waals surface area contributed by atoms with Crippen LogP contribution in [0.1, 0.15) is 11.1 Å². The van der Waals surface area contributed by atoms with Crippen LogP contribution in [0.25, 0.3) is 0 Å². The predicted octanol–water partition coefficient (Wildman–Crippen LogP) is 1.70. The number of para-hydroxylation sites is 1. The predicted molar refractivity (Wildman–Crippen MR) is 87.1 cm³/mol. The minimum Gasteiger partial charge on any atom is -0.507 e. The summed E-state index contributed by atoms with van der Waals surface area (Å²) in [4.78, 5) is 21.7. The molecule has 0 unspecified atom stereocenters. The zero-order chi connectivity index (χ0) is 18.2. The first-order valence-corrected chi connectivity index (χ1v) is 6.92. The molecule has 0 radical (unpaired) electrons. The molecule has 25 heavy (non-hydrogen) atoms. The molecule has 0 atom stereocenters. The molecule has 2 aromatic carbocycles. The van der Waals surface area contributed by atoms with Crippen LogP contribution < -0.4 is 10.2 Å². The van der Waals surface area contributed by atoms with E-state index in [-0.39, 0.29) is 29.4 Å². The highest BCUT2D eigenvalue weighted by Gasteiger charge is 2.09. The summed E-state index contributed by atoms with van der Waals surface area (Å²) in [6.07, 6.45) is 1.07. The molecule has 2 aromatic rings. The second kappa shape index (κ2) is 8.07. The Morgan fingerprint density at radius 1 is 1.40 bits per heavy atom. The van der Waals surface area contributed by atoms with Gasteiger partial charge in [-0.25, -0.2) is 5.43 Å². The summed E-state index contributed by atoms with van der Waals surface area (Å²) in [7, 11) is 0. The van der Waals surface area contributed by atoms with E-state index in [1.165, 1.54) is 0 Å². The average molecular weight is 340 g/mol. The van der Waals surface area contributed by atoms with Crippen LogP contribution in [0, 0.1) is 21.4 Å². The number of aromatic hydroxyl groups is 1. The maximum atomic E-state index is 11.7. The van der Waals surface area contributed by atoms with Gasteiger partial charge in [-0.05, 0) is 18.2 Å². The second-order valence-corrected chi connectivity index (χ2v) is 4.69. The van der Waals surface area contributed by atoms with E-state index in [1.54, 1.807) is 24.3 Å². The van der Waals surface area contributed by atoms with Crippen LogP contribution >= 0.6 is 0 Å². The normalized spacial score (nSPS) is 10.2. The molecule has 0 bridgehead atoms. The van der Waals surface area contributed by atoms with Crippen molar-refractivity contribution in [3.8, 4) is 17.6 Å². The number of nitrogens with zero attached hydrogens (tertiary/aromatic N) is 3. The molecule has 0 aliphatic carbocycles. The van der Waals surface area contributed by atoms with Gasteiger partial charge in [0.1, 0.15) is 17.6 Å². The van der Waals surface area contributed by atoms with E-state index in [0.717, 1.165) is 24.4 Å². The maximum Gasteiger partial charge on any atom is 0.277 e. The lowest BCUT2D eigenvalue weighted by atomic mass is 10.2. The van der Waals surface area contributed by atoms with Gasteiger partial charge in [0.05, 0.1) is 16.7 Å². The second-order valence-electron chi connectivity index (χ2n) is 4.69. The molecule has 0 aromatic heterocycles. The van der Waals surface area contributed by atoms with Gasteiger partial charge in [0, 0.05) is 17.7 Å². The van der Waals surface area contributed by atoms with Crippen LogP contribution in [0.15, 0.2) is 47.6 Å². The third-order valence-corrected chi connectivity index (χ3v) is 2.98. The fraction of sp³-hybridized carbons (Fsp3) is 0.0625. The number of rotatable bonds is 6. The minimum atomic E-state index is -0.615. The standard InChI is InChI=1S/C16H12N4O5/c17-8-11-3-1-2-4-15(11)25-10-16(22)19-18-9-12-7-13(20(23)24)5-6-14(12)21/h1-7,9,21H,10H2,(H,19,22)/b18-9-. The van der Waals surface area contributed by atoms with Gasteiger partial charge >= 0.3 is 0 Å². The van der Waals surface area contributed by atoms with E-state index >= 15 is 0 Å². The molecule has 2 rings (SSSR count). The zero-order valence-electron chi connectivity index (χ0n) is 12.7. The number of phenolic OH excluding ortho intramolecular Hbond substituents is 1. The number of ether oxygens (including phenoxy) is 1. The van der Waals surface area contributed by atoms with Crippen LogP contribution in [-0.4, -0.2) is 28.8 Å². The molecule has 9 nitrogen and oxygen atoms in total. The summed E-state index contributed by atoms with van der Waals surface area (Å²) in [5, 5.41) is 32.8. The summed E-state index contributed by atoms with van der Waals surface area (Å²) in [5.41, 5.74) is 2.30. The molecular weight excluding hydrogens is 328 g/mol. The summed E-state index contributed by atoms with van der Waals surface area (Å²) < 4.78 is 5.22. The van der Waals surface area contributed by atoms with Crippen molar-refractivity contribution in [1.29, 1.82) is 5.26 Å². The van der Waals surface area contributed by atoms with Gasteiger partial charge in [-0.1, -0.05) is 12.1 Å². The number of carbonyl (C=O) groups excluding carboxylic acids is 1. The minimum absolute atomic E-state index is 0.0743. The first-order valence-electron chi connectivity index (χ1n) is 6.92. The van der Waals surface area contributed by atoms with Crippen LogP contribution in [0.5, 0.6) is 11.5 Å². The monoisotopic (exact) mass is 340 g/mol. The lowest BCUT2D eigenvalue weighted by molar-refractivity contribution is -0.384. The van der Waals surface area contributed by atoms with E-state index < -0.39 is 10.8 Å². The van der Waals surface area contributed by atoms with Crippen molar-refractivity contribution in [3.63, 3.8) is 0 Å². The number of hydrogen-bond donors (Lipinski definition) is 2. The van der Waals surface area contributed by atoms with E-state index in [1.807, 2.05) is 6.07 Å². The molecule has 0 fully saturated rings. The molecule has 0 saturated carbocycles. The third kappa shape index (κ3) is 4.77. The smallest absolute Gasteiger partial charge is 0.277 e. The lowest BCUT2D eigenvalue weighted by Gasteiger charge is -2.06. The lowest BCUT2D eigenvalue weighted by Crippen LogP contribution is -2.24. The molecule has 2 N–H and O–H groups in total. The Labute approximate surface area is 141 Å². The van der Waals surface area contributed by atoms with Gasteiger partial charge in [-0.3, -0.25) is 14.9 Å². The Bertz CT molecular complexity index is 873. The number of nitro benzene ring substituents is 1. The fourth-order valence-electron chi connectivity index (χ4n) is 1.79. The number of phenols is 1. The molecule has 0 saturated heterocycles. The van der Waals surface area contributed by atoms with Gasteiger partial charge < -0.3 is 9.84 Å². The van der Waals surface area contributed by atoms with Crippen LogP contribution in [-0.2, 0) is 4.79 Å². The Hall–Kier alpha value is -3.93. The summed E-state index contributed by atoms with van der Waals surface area (Å²) in [5.74, 6) is -0.558. The first-order chi connectivity index (χ1) is 12.0.